The van der Waals surface area contributed by atoms with E-state index in [1.807, 2.05) is 0 Å². The molecule has 0 radical (unpaired) electrons. The van der Waals surface area contributed by atoms with E-state index in [1.165, 1.54) is 27.8 Å². The molecule has 0 unspecified atom stereocenters. The van der Waals surface area contributed by atoms with E-state index in [1.54, 1.807) is 7.11 Å². The maximum absolute atomic E-state index is 6.08. The molecule has 0 atom stereocenters. The van der Waals surface area contributed by atoms with Gasteiger partial charge in [0.05, 0.1) is 40.5 Å². The van der Waals surface area contributed by atoms with Crippen molar-refractivity contribution in [2.24, 2.45) is 0 Å². The van der Waals surface area contributed by atoms with Gasteiger partial charge in [-0.05, 0) is 49.6 Å². The molecule has 0 bridgehead atoms. The average Bonchev–Trinajstić information content (AvgIpc) is 2.67. The van der Waals surface area contributed by atoms with Crippen LogP contribution in [0.4, 0.5) is 0 Å². The number of rotatable bonds is 11. The lowest BCUT2D eigenvalue weighted by molar-refractivity contribution is -0.901. The van der Waals surface area contributed by atoms with E-state index in [2.05, 4.69) is 71.3 Å². The normalized spacial score (nSPS) is 11.6. The first-order valence-electron chi connectivity index (χ1n) is 10.1. The predicted molar refractivity (Wildman–Crippen MR) is 116 cm³/mol. The second kappa shape index (κ2) is 10.6. The van der Waals surface area contributed by atoms with Gasteiger partial charge in [0.2, 0.25) is 0 Å². The van der Waals surface area contributed by atoms with Crippen LogP contribution in [0.2, 0.25) is 0 Å². The molecule has 2 aromatic rings. The van der Waals surface area contributed by atoms with Crippen LogP contribution in [0.3, 0.4) is 0 Å². The Morgan fingerprint density at radius 2 is 1.64 bits per heavy atom. The van der Waals surface area contributed by atoms with Crippen LogP contribution in [0, 0.1) is 13.8 Å². The number of hydrogen-bond acceptors (Lipinski definition) is 3. The van der Waals surface area contributed by atoms with Crippen LogP contribution in [0.25, 0.3) is 11.1 Å². The van der Waals surface area contributed by atoms with Gasteiger partial charge < -0.3 is 18.7 Å². The fourth-order valence-corrected chi connectivity index (χ4v) is 3.09. The molecule has 0 aliphatic rings. The molecule has 2 aromatic carbocycles. The van der Waals surface area contributed by atoms with Crippen LogP contribution >= 0.6 is 0 Å². The monoisotopic (exact) mass is 386 g/mol. The zero-order valence-electron chi connectivity index (χ0n) is 18.4. The molecule has 0 saturated carbocycles. The van der Waals surface area contributed by atoms with Gasteiger partial charge in [-0.15, -0.1) is 0 Å². The van der Waals surface area contributed by atoms with Gasteiger partial charge in [-0.25, -0.2) is 0 Å². The predicted octanol–water partition coefficient (Wildman–Crippen LogP) is 4.61. The van der Waals surface area contributed by atoms with Gasteiger partial charge in [-0.1, -0.05) is 29.8 Å². The summed E-state index contributed by atoms with van der Waals surface area (Å²) < 4.78 is 17.5. The number of nitrogens with zero attached hydrogens (tertiary/aromatic N) is 1. The lowest BCUT2D eigenvalue weighted by Gasteiger charge is -2.29. The summed E-state index contributed by atoms with van der Waals surface area (Å²) in [4.78, 5) is 0. The fraction of sp³-hybridized carbons (Fsp3) is 0.500. The third kappa shape index (κ3) is 6.62. The fourth-order valence-electron chi connectivity index (χ4n) is 3.09. The number of ether oxygens (including phenoxy) is 3. The Morgan fingerprint density at radius 3 is 2.36 bits per heavy atom. The highest BCUT2D eigenvalue weighted by atomic mass is 16.5. The topological polar surface area (TPSA) is 27.7 Å². The van der Waals surface area contributed by atoms with E-state index < -0.39 is 0 Å². The molecule has 0 N–H and O–H groups in total. The first-order chi connectivity index (χ1) is 13.4. The van der Waals surface area contributed by atoms with E-state index >= 15 is 0 Å². The maximum atomic E-state index is 6.08. The summed E-state index contributed by atoms with van der Waals surface area (Å²) in [5, 5.41) is 0. The van der Waals surface area contributed by atoms with Crippen molar-refractivity contribution < 1.29 is 18.7 Å². The number of methoxy groups -OCH3 is 1. The largest absolute Gasteiger partial charge is 0.491 e. The molecule has 28 heavy (non-hydrogen) atoms. The molecule has 154 valence electrons. The van der Waals surface area contributed by atoms with Crippen LogP contribution in [0.1, 0.15) is 23.6 Å². The summed E-state index contributed by atoms with van der Waals surface area (Å²) in [7, 11) is 6.18. The smallest absolute Gasteiger partial charge is 0.128 e. The van der Waals surface area contributed by atoms with Crippen molar-refractivity contribution in [1.82, 2.24) is 0 Å². The van der Waals surface area contributed by atoms with Gasteiger partial charge in [0.15, 0.2) is 0 Å². The SMILES string of the molecule is CC[N+](C)(C)Cc1cc(-c2cc(C)ccc2C)ccc1OCCOCCOC. The second-order valence-electron chi connectivity index (χ2n) is 8.00. The van der Waals surface area contributed by atoms with Crippen LogP contribution in [-0.4, -0.2) is 58.7 Å². The molecule has 0 aliphatic heterocycles. The third-order valence-corrected chi connectivity index (χ3v) is 5.14. The van der Waals surface area contributed by atoms with Crippen LogP contribution in [0.5, 0.6) is 5.75 Å². The Morgan fingerprint density at radius 1 is 0.893 bits per heavy atom. The van der Waals surface area contributed by atoms with Crippen molar-refractivity contribution in [1.29, 1.82) is 0 Å². The quantitative estimate of drug-likeness (QED) is 0.417. The molecule has 4 nitrogen and oxygen atoms in total. The Kier molecular flexibility index (Phi) is 8.49. The highest BCUT2D eigenvalue weighted by Crippen LogP contribution is 2.31. The van der Waals surface area contributed by atoms with Crippen molar-refractivity contribution in [3.8, 4) is 16.9 Å². The van der Waals surface area contributed by atoms with Gasteiger partial charge in [0.25, 0.3) is 0 Å². The zero-order chi connectivity index (χ0) is 20.6. The first-order valence-corrected chi connectivity index (χ1v) is 10.1. The van der Waals surface area contributed by atoms with Crippen molar-refractivity contribution in [2.75, 3.05) is 54.2 Å². The third-order valence-electron chi connectivity index (χ3n) is 5.14. The molecule has 0 heterocycles. The van der Waals surface area contributed by atoms with E-state index in [0.717, 1.165) is 23.3 Å². The van der Waals surface area contributed by atoms with Crippen LogP contribution in [-0.2, 0) is 16.0 Å². The first kappa shape index (κ1) is 22.4. The summed E-state index contributed by atoms with van der Waals surface area (Å²) in [5.41, 5.74) is 6.34. The van der Waals surface area contributed by atoms with E-state index in [-0.39, 0.29) is 0 Å². The number of aryl methyl sites for hydroxylation is 2. The lowest BCUT2D eigenvalue weighted by Crippen LogP contribution is -2.38. The summed E-state index contributed by atoms with van der Waals surface area (Å²) in [6, 6.07) is 13.2. The Labute approximate surface area is 170 Å². The van der Waals surface area contributed by atoms with Gasteiger partial charge in [-0.2, -0.15) is 0 Å². The number of hydrogen-bond donors (Lipinski definition) is 0. The highest BCUT2D eigenvalue weighted by molar-refractivity contribution is 5.69. The maximum Gasteiger partial charge on any atom is 0.128 e. The molecule has 0 saturated heterocycles. The Balaban J connectivity index is 2.23. The van der Waals surface area contributed by atoms with Crippen LogP contribution in [0.15, 0.2) is 36.4 Å². The van der Waals surface area contributed by atoms with Gasteiger partial charge in [0, 0.05) is 12.7 Å². The number of quaternary nitrogens is 1. The number of benzene rings is 2. The van der Waals surface area contributed by atoms with Crippen molar-refractivity contribution in [3.63, 3.8) is 0 Å². The Bertz CT molecular complexity index is 756. The summed E-state index contributed by atoms with van der Waals surface area (Å²) in [5.74, 6) is 0.948. The zero-order valence-corrected chi connectivity index (χ0v) is 18.4. The minimum atomic E-state index is 0.541. The molecule has 0 fully saturated rings. The molecular formula is C24H36NO3+. The average molecular weight is 387 g/mol. The van der Waals surface area contributed by atoms with E-state index in [4.69, 9.17) is 14.2 Å². The van der Waals surface area contributed by atoms with Gasteiger partial charge >= 0.3 is 0 Å². The van der Waals surface area contributed by atoms with Gasteiger partial charge in [0.1, 0.15) is 18.9 Å². The molecule has 0 amide bonds. The van der Waals surface area contributed by atoms with Crippen molar-refractivity contribution in [3.05, 3.63) is 53.1 Å². The summed E-state index contributed by atoms with van der Waals surface area (Å²) >= 11 is 0. The summed E-state index contributed by atoms with van der Waals surface area (Å²) in [6.45, 7) is 10.8. The molecule has 0 aromatic heterocycles. The van der Waals surface area contributed by atoms with Crippen molar-refractivity contribution >= 4 is 0 Å². The standard InChI is InChI=1S/C24H36NO3/c1-7-25(4,5)18-22-17-21(23-16-19(2)8-9-20(23)3)10-11-24(22)28-15-14-27-13-12-26-6/h8-11,16-17H,7,12-15,18H2,1-6H3/q+1. The van der Waals surface area contributed by atoms with E-state index in [9.17, 15) is 0 Å². The minimum Gasteiger partial charge on any atom is -0.491 e. The van der Waals surface area contributed by atoms with Gasteiger partial charge in [-0.3, -0.25) is 0 Å². The lowest BCUT2D eigenvalue weighted by atomic mass is 9.96. The highest BCUT2D eigenvalue weighted by Gasteiger charge is 2.18. The molecule has 0 spiro atoms. The molecule has 0 aliphatic carbocycles. The molecule has 4 heteroatoms. The van der Waals surface area contributed by atoms with Crippen molar-refractivity contribution in [2.45, 2.75) is 27.3 Å². The minimum absolute atomic E-state index is 0.541. The van der Waals surface area contributed by atoms with Crippen LogP contribution < -0.4 is 4.74 Å². The molecular weight excluding hydrogens is 350 g/mol. The van der Waals surface area contributed by atoms with E-state index in [0.29, 0.717) is 26.4 Å². The molecule has 2 rings (SSSR count). The summed E-state index contributed by atoms with van der Waals surface area (Å²) in [6.07, 6.45) is 0. The Hall–Kier alpha value is -1.88. The second-order valence-corrected chi connectivity index (χ2v) is 8.00.